The smallest absolute Gasteiger partial charge is 0.148 e. The van der Waals surface area contributed by atoms with Gasteiger partial charge in [-0.3, -0.25) is 9.88 Å². The summed E-state index contributed by atoms with van der Waals surface area (Å²) in [5.74, 6) is 0.413. The van der Waals surface area contributed by atoms with Gasteiger partial charge in [-0.15, -0.1) is 21.5 Å². The fraction of sp³-hybridized carbons (Fsp3) is 0.478. The number of anilines is 1. The lowest BCUT2D eigenvalue weighted by Gasteiger charge is -2.41. The largest absolute Gasteiger partial charge is 0.395 e. The van der Waals surface area contributed by atoms with E-state index in [9.17, 15) is 9.50 Å². The van der Waals surface area contributed by atoms with Crippen molar-refractivity contribution in [2.45, 2.75) is 37.3 Å². The molecule has 3 N–H and O–H groups in total. The first-order valence-corrected chi connectivity index (χ1v) is 12.2. The van der Waals surface area contributed by atoms with Crippen molar-refractivity contribution >= 4 is 17.2 Å². The molecule has 2 fully saturated rings. The number of aromatic nitrogens is 4. The molecule has 5 rings (SSSR count). The van der Waals surface area contributed by atoms with Crippen LogP contribution < -0.4 is 10.6 Å². The lowest BCUT2D eigenvalue weighted by Crippen LogP contribution is -2.52. The third-order valence-corrected chi connectivity index (χ3v) is 7.66. The number of nitrogens with zero attached hydrogens (tertiary/aromatic N) is 5. The van der Waals surface area contributed by atoms with Crippen LogP contribution >= 0.6 is 11.3 Å². The van der Waals surface area contributed by atoms with Crippen molar-refractivity contribution in [3.63, 3.8) is 0 Å². The van der Waals surface area contributed by atoms with Crippen LogP contribution in [0, 0.1) is 5.82 Å². The number of halogens is 1. The molecular weight excluding hydrogens is 441 g/mol. The second-order valence-electron chi connectivity index (χ2n) is 8.77. The summed E-state index contributed by atoms with van der Waals surface area (Å²) in [6, 6.07) is 7.04. The van der Waals surface area contributed by atoms with Crippen molar-refractivity contribution in [2.24, 2.45) is 0 Å². The molecule has 0 amide bonds. The molecule has 0 bridgehead atoms. The summed E-state index contributed by atoms with van der Waals surface area (Å²) >= 11 is 1.60. The highest BCUT2D eigenvalue weighted by Crippen LogP contribution is 2.43. The third-order valence-electron chi connectivity index (χ3n) is 6.66. The molecule has 1 aliphatic carbocycles. The van der Waals surface area contributed by atoms with Gasteiger partial charge in [-0.25, -0.2) is 9.37 Å². The molecule has 3 aromatic rings. The highest BCUT2D eigenvalue weighted by Gasteiger charge is 2.41. The van der Waals surface area contributed by atoms with Crippen LogP contribution in [-0.4, -0.2) is 69.0 Å². The van der Waals surface area contributed by atoms with E-state index in [0.717, 1.165) is 61.0 Å². The van der Waals surface area contributed by atoms with Gasteiger partial charge in [0, 0.05) is 61.5 Å². The highest BCUT2D eigenvalue weighted by atomic mass is 32.1. The molecule has 1 saturated heterocycles. The Bertz CT molecular complexity index is 1070. The number of piperazine rings is 1. The molecular formula is C23H28FN7OS. The quantitative estimate of drug-likeness (QED) is 0.463. The predicted molar refractivity (Wildman–Crippen MR) is 126 cm³/mol. The van der Waals surface area contributed by atoms with E-state index in [1.165, 1.54) is 6.07 Å². The van der Waals surface area contributed by atoms with Crippen molar-refractivity contribution in [3.8, 4) is 10.7 Å². The van der Waals surface area contributed by atoms with Gasteiger partial charge in [-0.2, -0.15) is 0 Å². The fourth-order valence-corrected chi connectivity index (χ4v) is 5.47. The molecule has 0 aromatic carbocycles. The molecule has 10 heteroatoms. The Morgan fingerprint density at radius 3 is 2.88 bits per heavy atom. The maximum atomic E-state index is 14.3. The molecule has 1 atom stereocenters. The number of nitrogens with one attached hydrogen (secondary N) is 2. The second-order valence-corrected chi connectivity index (χ2v) is 9.88. The van der Waals surface area contributed by atoms with Gasteiger partial charge in [0.05, 0.1) is 12.3 Å². The van der Waals surface area contributed by atoms with Crippen molar-refractivity contribution in [1.82, 2.24) is 30.4 Å². The second kappa shape index (κ2) is 9.76. The summed E-state index contributed by atoms with van der Waals surface area (Å²) in [5, 5.41) is 25.8. The molecule has 1 saturated carbocycles. The standard InChI is InChI=1S/C23H28FN7OS/c24-18-3-1-8-26-21(18)23(6-2-7-23)15-28-20-5-4-19(29-30-20)22-27-12-17(33-22)13-31-10-9-25-11-16(31)14-32/h1,3-5,8,12,16,25,32H,2,6-7,9-11,13-15H2,(H,28,30)/t16-/m1/s1. The normalized spacial score (nSPS) is 20.4. The van der Waals surface area contributed by atoms with Crippen LogP contribution in [0.1, 0.15) is 29.8 Å². The zero-order chi connectivity index (χ0) is 22.7. The molecule has 0 unspecified atom stereocenters. The monoisotopic (exact) mass is 469 g/mol. The Labute approximate surface area is 196 Å². The number of rotatable bonds is 8. The van der Waals surface area contributed by atoms with Gasteiger partial charge < -0.3 is 15.7 Å². The third kappa shape index (κ3) is 4.74. The minimum atomic E-state index is -0.285. The van der Waals surface area contributed by atoms with Gasteiger partial charge in [0.25, 0.3) is 0 Å². The van der Waals surface area contributed by atoms with Crippen molar-refractivity contribution in [3.05, 3.63) is 53.0 Å². The Kier molecular flexibility index (Phi) is 6.59. The van der Waals surface area contributed by atoms with Gasteiger partial charge in [0.1, 0.15) is 22.3 Å². The molecule has 0 spiro atoms. The average Bonchev–Trinajstić information content (AvgIpc) is 3.29. The summed E-state index contributed by atoms with van der Waals surface area (Å²) in [6.07, 6.45) is 6.42. The van der Waals surface area contributed by atoms with Gasteiger partial charge in [-0.1, -0.05) is 6.42 Å². The van der Waals surface area contributed by atoms with Crippen LogP contribution in [0.15, 0.2) is 36.7 Å². The number of aliphatic hydroxyl groups excluding tert-OH is 1. The number of hydrogen-bond donors (Lipinski definition) is 3. The first-order chi connectivity index (χ1) is 16.2. The molecule has 0 radical (unpaired) electrons. The number of thiazole rings is 1. The number of pyridine rings is 1. The summed E-state index contributed by atoms with van der Waals surface area (Å²) in [5.41, 5.74) is 0.980. The zero-order valence-corrected chi connectivity index (χ0v) is 19.2. The number of hydrogen-bond acceptors (Lipinski definition) is 9. The van der Waals surface area contributed by atoms with E-state index in [0.29, 0.717) is 18.1 Å². The van der Waals surface area contributed by atoms with E-state index in [2.05, 4.69) is 35.7 Å². The topological polar surface area (TPSA) is 99.1 Å². The van der Waals surface area contributed by atoms with E-state index < -0.39 is 0 Å². The molecule has 2 aliphatic rings. The van der Waals surface area contributed by atoms with Gasteiger partial charge >= 0.3 is 0 Å². The number of aliphatic hydroxyl groups is 1. The van der Waals surface area contributed by atoms with Gasteiger partial charge in [-0.05, 0) is 37.1 Å². The van der Waals surface area contributed by atoms with Crippen LogP contribution in [0.2, 0.25) is 0 Å². The summed E-state index contributed by atoms with van der Waals surface area (Å²) in [4.78, 5) is 12.3. The van der Waals surface area contributed by atoms with E-state index >= 15 is 0 Å². The molecule has 8 nitrogen and oxygen atoms in total. The minimum absolute atomic E-state index is 0.132. The van der Waals surface area contributed by atoms with Crippen LogP contribution in [0.5, 0.6) is 0 Å². The summed E-state index contributed by atoms with van der Waals surface area (Å²) in [7, 11) is 0. The Balaban J connectivity index is 1.22. The van der Waals surface area contributed by atoms with Crippen molar-refractivity contribution in [1.29, 1.82) is 0 Å². The molecule has 3 aromatic heterocycles. The lowest BCUT2D eigenvalue weighted by molar-refractivity contribution is 0.0954. The zero-order valence-electron chi connectivity index (χ0n) is 18.4. The molecule has 4 heterocycles. The van der Waals surface area contributed by atoms with Crippen LogP contribution in [0.3, 0.4) is 0 Å². The van der Waals surface area contributed by atoms with Crippen LogP contribution in [-0.2, 0) is 12.0 Å². The minimum Gasteiger partial charge on any atom is -0.395 e. The SMILES string of the molecule is OC[C@H]1CNCCN1Cc1cnc(-c2ccc(NCC3(c4ncccc4F)CCC3)nn2)s1. The van der Waals surface area contributed by atoms with Gasteiger partial charge in [0.15, 0.2) is 0 Å². The van der Waals surface area contributed by atoms with Crippen molar-refractivity contribution < 1.29 is 9.50 Å². The first-order valence-electron chi connectivity index (χ1n) is 11.4. The fourth-order valence-electron chi connectivity index (χ4n) is 4.57. The maximum Gasteiger partial charge on any atom is 0.148 e. The summed E-state index contributed by atoms with van der Waals surface area (Å²) < 4.78 is 14.3. The predicted octanol–water partition coefficient (Wildman–Crippen LogP) is 2.43. The van der Waals surface area contributed by atoms with E-state index in [1.807, 2.05) is 18.3 Å². The van der Waals surface area contributed by atoms with Crippen molar-refractivity contribution in [2.75, 3.05) is 38.1 Å². The molecule has 1 aliphatic heterocycles. The lowest BCUT2D eigenvalue weighted by atomic mass is 9.66. The van der Waals surface area contributed by atoms with Crippen LogP contribution in [0.4, 0.5) is 10.2 Å². The summed E-state index contributed by atoms with van der Waals surface area (Å²) in [6.45, 7) is 4.12. The first kappa shape index (κ1) is 22.3. The average molecular weight is 470 g/mol. The molecule has 174 valence electrons. The Hall–Kier alpha value is -2.53. The Morgan fingerprint density at radius 2 is 2.15 bits per heavy atom. The van der Waals surface area contributed by atoms with Gasteiger partial charge in [0.2, 0.25) is 0 Å². The van der Waals surface area contributed by atoms with E-state index in [-0.39, 0.29) is 23.9 Å². The van der Waals surface area contributed by atoms with Crippen LogP contribution in [0.25, 0.3) is 10.7 Å². The maximum absolute atomic E-state index is 14.3. The Morgan fingerprint density at radius 1 is 1.24 bits per heavy atom. The highest BCUT2D eigenvalue weighted by molar-refractivity contribution is 7.14. The van der Waals surface area contributed by atoms with E-state index in [1.54, 1.807) is 23.6 Å². The van der Waals surface area contributed by atoms with E-state index in [4.69, 9.17) is 0 Å². The molecule has 33 heavy (non-hydrogen) atoms.